The quantitative estimate of drug-likeness (QED) is 0.447. The van der Waals surface area contributed by atoms with E-state index in [0.29, 0.717) is 0 Å². The van der Waals surface area contributed by atoms with Crippen LogP contribution in [0.15, 0.2) is 12.2 Å². The summed E-state index contributed by atoms with van der Waals surface area (Å²) in [6.45, 7) is 6.02. The second kappa shape index (κ2) is 4.96. The molecule has 0 unspecified atom stereocenters. The normalized spacial score (nSPS) is 11.8. The van der Waals surface area contributed by atoms with Gasteiger partial charge in [-0.05, 0) is 20.3 Å². The van der Waals surface area contributed by atoms with Gasteiger partial charge in [0.1, 0.15) is 0 Å². The van der Waals surface area contributed by atoms with Gasteiger partial charge in [-0.2, -0.15) is 5.26 Å². The zero-order valence-electron chi connectivity index (χ0n) is 7.72. The average Bonchev–Trinajstić information content (AvgIpc) is 1.99. The Morgan fingerprint density at radius 3 is 2.55 bits per heavy atom. The fraction of sp³-hybridized carbons (Fsp3) is 0.700. The van der Waals surface area contributed by atoms with E-state index in [1.165, 1.54) is 12.8 Å². The van der Waals surface area contributed by atoms with Gasteiger partial charge >= 0.3 is 0 Å². The Kier molecular flexibility index (Phi) is 4.61. The van der Waals surface area contributed by atoms with Gasteiger partial charge in [-0.1, -0.05) is 31.9 Å². The highest BCUT2D eigenvalue weighted by molar-refractivity contribution is 5.07. The Morgan fingerprint density at radius 2 is 2.09 bits per heavy atom. The summed E-state index contributed by atoms with van der Waals surface area (Å²) in [5.74, 6) is 0. The van der Waals surface area contributed by atoms with Gasteiger partial charge in [0.2, 0.25) is 0 Å². The van der Waals surface area contributed by atoms with Crippen molar-refractivity contribution in [2.24, 2.45) is 5.41 Å². The molecule has 0 bridgehead atoms. The molecule has 0 radical (unpaired) electrons. The molecular formula is C10H17N. The molecule has 0 aromatic carbocycles. The van der Waals surface area contributed by atoms with E-state index in [2.05, 4.69) is 19.1 Å². The lowest BCUT2D eigenvalue weighted by Crippen LogP contribution is -2.01. The van der Waals surface area contributed by atoms with Gasteiger partial charge in [-0.3, -0.25) is 0 Å². The SMILES string of the molecule is CCCCC=CC(C)(C)C#N. The van der Waals surface area contributed by atoms with Crippen molar-refractivity contribution in [3.8, 4) is 6.07 Å². The van der Waals surface area contributed by atoms with Gasteiger partial charge in [0, 0.05) is 0 Å². The summed E-state index contributed by atoms with van der Waals surface area (Å²) in [6, 6.07) is 2.23. The van der Waals surface area contributed by atoms with Crippen LogP contribution in [0.2, 0.25) is 0 Å². The molecule has 0 fully saturated rings. The molecular weight excluding hydrogens is 134 g/mol. The number of allylic oxidation sites excluding steroid dienone is 2. The van der Waals surface area contributed by atoms with E-state index in [-0.39, 0.29) is 5.41 Å². The smallest absolute Gasteiger partial charge is 0.0725 e. The number of hydrogen-bond donors (Lipinski definition) is 0. The number of nitrogens with zero attached hydrogens (tertiary/aromatic N) is 1. The average molecular weight is 151 g/mol. The Labute approximate surface area is 69.7 Å². The fourth-order valence-electron chi connectivity index (χ4n) is 0.737. The van der Waals surface area contributed by atoms with Gasteiger partial charge < -0.3 is 0 Å². The Balaban J connectivity index is 3.66. The van der Waals surface area contributed by atoms with E-state index in [1.807, 2.05) is 19.9 Å². The third-order valence-electron chi connectivity index (χ3n) is 1.55. The van der Waals surface area contributed by atoms with Gasteiger partial charge in [-0.15, -0.1) is 0 Å². The highest BCUT2D eigenvalue weighted by atomic mass is 14.3. The van der Waals surface area contributed by atoms with Gasteiger partial charge in [0.25, 0.3) is 0 Å². The monoisotopic (exact) mass is 151 g/mol. The molecule has 0 aliphatic carbocycles. The molecule has 62 valence electrons. The molecule has 0 aromatic heterocycles. The lowest BCUT2D eigenvalue weighted by molar-refractivity contribution is 0.639. The van der Waals surface area contributed by atoms with Crippen LogP contribution in [0.1, 0.15) is 40.0 Å². The maximum absolute atomic E-state index is 8.65. The Bertz CT molecular complexity index is 160. The minimum absolute atomic E-state index is 0.284. The van der Waals surface area contributed by atoms with E-state index in [4.69, 9.17) is 5.26 Å². The van der Waals surface area contributed by atoms with Gasteiger partial charge in [0.15, 0.2) is 0 Å². The van der Waals surface area contributed by atoms with Crippen molar-refractivity contribution in [1.82, 2.24) is 0 Å². The fourth-order valence-corrected chi connectivity index (χ4v) is 0.737. The molecule has 0 aliphatic rings. The highest BCUT2D eigenvalue weighted by Gasteiger charge is 2.09. The number of hydrogen-bond acceptors (Lipinski definition) is 1. The topological polar surface area (TPSA) is 23.8 Å². The Morgan fingerprint density at radius 1 is 1.45 bits per heavy atom. The van der Waals surface area contributed by atoms with Crippen LogP contribution in [0.25, 0.3) is 0 Å². The van der Waals surface area contributed by atoms with Gasteiger partial charge in [0.05, 0.1) is 11.5 Å². The zero-order valence-corrected chi connectivity index (χ0v) is 7.72. The number of nitriles is 1. The first-order valence-electron chi connectivity index (χ1n) is 4.21. The Hall–Kier alpha value is -0.770. The van der Waals surface area contributed by atoms with Crippen molar-refractivity contribution in [3.63, 3.8) is 0 Å². The second-order valence-corrected chi connectivity index (χ2v) is 3.38. The molecule has 1 nitrogen and oxygen atoms in total. The summed E-state index contributed by atoms with van der Waals surface area (Å²) < 4.78 is 0. The van der Waals surface area contributed by atoms with Crippen molar-refractivity contribution in [3.05, 3.63) is 12.2 Å². The maximum atomic E-state index is 8.65. The molecule has 0 N–H and O–H groups in total. The van der Waals surface area contributed by atoms with Crippen LogP contribution in [0.5, 0.6) is 0 Å². The van der Waals surface area contributed by atoms with Crippen LogP contribution < -0.4 is 0 Å². The summed E-state index contributed by atoms with van der Waals surface area (Å²) >= 11 is 0. The summed E-state index contributed by atoms with van der Waals surface area (Å²) in [6.07, 6.45) is 7.63. The molecule has 0 heterocycles. The molecule has 0 rings (SSSR count). The minimum atomic E-state index is -0.284. The predicted molar refractivity (Wildman–Crippen MR) is 48.1 cm³/mol. The van der Waals surface area contributed by atoms with Crippen LogP contribution in [-0.4, -0.2) is 0 Å². The molecule has 1 heteroatoms. The van der Waals surface area contributed by atoms with E-state index in [9.17, 15) is 0 Å². The molecule has 0 atom stereocenters. The van der Waals surface area contributed by atoms with E-state index in [0.717, 1.165) is 6.42 Å². The molecule has 11 heavy (non-hydrogen) atoms. The molecule has 0 saturated carbocycles. The first-order valence-corrected chi connectivity index (χ1v) is 4.21. The van der Waals surface area contributed by atoms with Crippen LogP contribution in [0.4, 0.5) is 0 Å². The lowest BCUT2D eigenvalue weighted by Gasteiger charge is -2.06. The van der Waals surface area contributed by atoms with Crippen molar-refractivity contribution in [2.75, 3.05) is 0 Å². The first kappa shape index (κ1) is 10.2. The molecule has 0 amide bonds. The number of rotatable bonds is 4. The molecule has 0 saturated heterocycles. The molecule has 0 aromatic rings. The maximum Gasteiger partial charge on any atom is 0.0725 e. The van der Waals surface area contributed by atoms with Crippen molar-refractivity contribution < 1.29 is 0 Å². The van der Waals surface area contributed by atoms with E-state index >= 15 is 0 Å². The molecule has 0 aliphatic heterocycles. The standard InChI is InChI=1S/C10H17N/c1-4-5-6-7-8-10(2,3)9-11/h7-8H,4-6H2,1-3H3. The van der Waals surface area contributed by atoms with E-state index < -0.39 is 0 Å². The second-order valence-electron chi connectivity index (χ2n) is 3.38. The van der Waals surface area contributed by atoms with E-state index in [1.54, 1.807) is 0 Å². The summed E-state index contributed by atoms with van der Waals surface area (Å²) in [7, 11) is 0. The van der Waals surface area contributed by atoms with Gasteiger partial charge in [-0.25, -0.2) is 0 Å². The third-order valence-corrected chi connectivity index (χ3v) is 1.55. The van der Waals surface area contributed by atoms with Crippen molar-refractivity contribution >= 4 is 0 Å². The third kappa shape index (κ3) is 5.66. The van der Waals surface area contributed by atoms with Crippen LogP contribution in [0.3, 0.4) is 0 Å². The zero-order chi connectivity index (χ0) is 8.74. The lowest BCUT2D eigenvalue weighted by atomic mass is 9.95. The summed E-state index contributed by atoms with van der Waals surface area (Å²) in [5, 5.41) is 8.65. The van der Waals surface area contributed by atoms with Crippen LogP contribution >= 0.6 is 0 Å². The predicted octanol–water partition coefficient (Wildman–Crippen LogP) is 3.28. The largest absolute Gasteiger partial charge is 0.197 e. The summed E-state index contributed by atoms with van der Waals surface area (Å²) in [5.41, 5.74) is -0.284. The molecule has 0 spiro atoms. The van der Waals surface area contributed by atoms with Crippen molar-refractivity contribution in [2.45, 2.75) is 40.0 Å². The first-order chi connectivity index (χ1) is 5.12. The summed E-state index contributed by atoms with van der Waals surface area (Å²) in [4.78, 5) is 0. The van der Waals surface area contributed by atoms with Crippen LogP contribution in [-0.2, 0) is 0 Å². The van der Waals surface area contributed by atoms with Crippen molar-refractivity contribution in [1.29, 1.82) is 5.26 Å². The number of unbranched alkanes of at least 4 members (excludes halogenated alkanes) is 2. The minimum Gasteiger partial charge on any atom is -0.197 e. The highest BCUT2D eigenvalue weighted by Crippen LogP contribution is 2.15. The van der Waals surface area contributed by atoms with Crippen LogP contribution in [0, 0.1) is 16.7 Å².